The van der Waals surface area contributed by atoms with E-state index >= 15 is 0 Å². The first-order chi connectivity index (χ1) is 11.1. The average Bonchev–Trinajstić information content (AvgIpc) is 2.95. The molecule has 1 aromatic heterocycles. The largest absolute Gasteiger partial charge is 0.355 e. The minimum absolute atomic E-state index is 0.0718. The van der Waals surface area contributed by atoms with Crippen molar-refractivity contribution in [3.63, 3.8) is 0 Å². The molecule has 23 heavy (non-hydrogen) atoms. The van der Waals surface area contributed by atoms with Crippen molar-refractivity contribution in [3.05, 3.63) is 63.7 Å². The van der Waals surface area contributed by atoms with E-state index in [1.807, 2.05) is 36.4 Å². The van der Waals surface area contributed by atoms with Crippen molar-refractivity contribution >= 4 is 39.6 Å². The highest BCUT2D eigenvalue weighted by Gasteiger charge is 2.04. The van der Waals surface area contributed by atoms with Gasteiger partial charge in [-0.2, -0.15) is 0 Å². The lowest BCUT2D eigenvalue weighted by Gasteiger charge is -1.99. The van der Waals surface area contributed by atoms with Gasteiger partial charge in [-0.15, -0.1) is 11.3 Å². The topological polar surface area (TPSA) is 42.0 Å². The summed E-state index contributed by atoms with van der Waals surface area (Å²) in [5.41, 5.74) is 5.32. The van der Waals surface area contributed by atoms with Gasteiger partial charge >= 0.3 is 0 Å². The summed E-state index contributed by atoms with van der Waals surface area (Å²) >= 11 is 1.69. The zero-order chi connectivity index (χ0) is 16.4. The van der Waals surface area contributed by atoms with Gasteiger partial charge in [-0.05, 0) is 60.9 Å². The van der Waals surface area contributed by atoms with E-state index in [9.17, 15) is 4.79 Å². The fourth-order valence-corrected chi connectivity index (χ4v) is 3.28. The highest BCUT2D eigenvalue weighted by molar-refractivity contribution is 7.19. The molecule has 0 aliphatic carbocycles. The van der Waals surface area contributed by atoms with E-state index in [0.717, 1.165) is 16.1 Å². The van der Waals surface area contributed by atoms with Gasteiger partial charge in [0, 0.05) is 12.6 Å². The highest BCUT2D eigenvalue weighted by atomic mass is 32.1. The molecule has 1 heterocycles. The molecule has 0 aliphatic heterocycles. The van der Waals surface area contributed by atoms with E-state index in [4.69, 9.17) is 0 Å². The third-order valence-electron chi connectivity index (χ3n) is 3.84. The Bertz CT molecular complexity index is 853. The lowest BCUT2D eigenvalue weighted by Crippen LogP contribution is -2.17. The zero-order valence-electron chi connectivity index (χ0n) is 13.4. The van der Waals surface area contributed by atoms with Crippen LogP contribution in [0, 0.1) is 13.8 Å². The van der Waals surface area contributed by atoms with Gasteiger partial charge in [0.2, 0.25) is 0 Å². The molecule has 0 atom stereocenters. The fraction of sp³-hybridized carbons (Fsp3) is 0.158. The van der Waals surface area contributed by atoms with Gasteiger partial charge in [0.15, 0.2) is 0 Å². The molecule has 1 amide bonds. The molecule has 3 aromatic rings. The number of hydrogen-bond donors (Lipinski definition) is 1. The van der Waals surface area contributed by atoms with E-state index in [1.54, 1.807) is 18.4 Å². The van der Waals surface area contributed by atoms with Gasteiger partial charge in [0.1, 0.15) is 5.01 Å². The zero-order valence-corrected chi connectivity index (χ0v) is 14.2. The summed E-state index contributed by atoms with van der Waals surface area (Å²) in [7, 11) is 1.63. The molecule has 0 saturated carbocycles. The number of fused-ring (bicyclic) bond motifs is 1. The van der Waals surface area contributed by atoms with Crippen molar-refractivity contribution in [1.82, 2.24) is 10.3 Å². The monoisotopic (exact) mass is 322 g/mol. The molecule has 0 unspecified atom stereocenters. The highest BCUT2D eigenvalue weighted by Crippen LogP contribution is 2.26. The number of nitrogens with one attached hydrogen (secondary N) is 1. The number of hydrogen-bond acceptors (Lipinski definition) is 3. The maximum atomic E-state index is 11.5. The van der Waals surface area contributed by atoms with Gasteiger partial charge in [0.25, 0.3) is 5.91 Å². The van der Waals surface area contributed by atoms with Gasteiger partial charge in [-0.25, -0.2) is 4.98 Å². The first kappa shape index (κ1) is 15.4. The molecule has 2 aromatic carbocycles. The van der Waals surface area contributed by atoms with Crippen molar-refractivity contribution in [1.29, 1.82) is 0 Å². The van der Waals surface area contributed by atoms with Crippen LogP contribution in [0.1, 0.15) is 32.1 Å². The summed E-state index contributed by atoms with van der Waals surface area (Å²) in [6.45, 7) is 4.23. The quantitative estimate of drug-likeness (QED) is 0.774. The summed E-state index contributed by atoms with van der Waals surface area (Å²) in [4.78, 5) is 16.2. The minimum atomic E-state index is -0.0718. The Morgan fingerprint density at radius 3 is 2.48 bits per heavy atom. The van der Waals surface area contributed by atoms with Crippen LogP contribution in [0.25, 0.3) is 22.4 Å². The van der Waals surface area contributed by atoms with Gasteiger partial charge in [-0.3, -0.25) is 4.79 Å². The number of carbonyl (C=O) groups excluding carboxylic acids is 1. The van der Waals surface area contributed by atoms with Gasteiger partial charge in [0.05, 0.1) is 10.2 Å². The third kappa shape index (κ3) is 3.32. The maximum Gasteiger partial charge on any atom is 0.251 e. The SMILES string of the molecule is CNC(=O)c1ccc(C=Cc2nc3cc(C)c(C)cc3s2)cc1. The molecule has 0 bridgehead atoms. The smallest absolute Gasteiger partial charge is 0.251 e. The maximum absolute atomic E-state index is 11.5. The second-order valence-electron chi connectivity index (χ2n) is 5.49. The standard InChI is InChI=1S/C19H18N2OS/c1-12-10-16-17(11-13(12)2)23-18(21-16)9-6-14-4-7-15(8-5-14)19(22)20-3/h4-11H,1-3H3,(H,20,22). The van der Waals surface area contributed by atoms with Crippen LogP contribution in [-0.4, -0.2) is 17.9 Å². The van der Waals surface area contributed by atoms with Gasteiger partial charge < -0.3 is 5.32 Å². The van der Waals surface area contributed by atoms with Crippen LogP contribution in [0.15, 0.2) is 36.4 Å². The van der Waals surface area contributed by atoms with Crippen LogP contribution in [0.5, 0.6) is 0 Å². The lowest BCUT2D eigenvalue weighted by molar-refractivity contribution is 0.0963. The van der Waals surface area contributed by atoms with Crippen molar-refractivity contribution in [3.8, 4) is 0 Å². The van der Waals surface area contributed by atoms with E-state index in [2.05, 4.69) is 36.3 Å². The molecular formula is C19H18N2OS. The number of amides is 1. The molecule has 0 fully saturated rings. The van der Waals surface area contributed by atoms with Crippen LogP contribution in [0.3, 0.4) is 0 Å². The first-order valence-electron chi connectivity index (χ1n) is 7.45. The number of aromatic nitrogens is 1. The summed E-state index contributed by atoms with van der Waals surface area (Å²) in [5.74, 6) is -0.0718. The fourth-order valence-electron chi connectivity index (χ4n) is 2.33. The summed E-state index contributed by atoms with van der Waals surface area (Å²) in [6.07, 6.45) is 4.04. The average molecular weight is 322 g/mol. The second-order valence-corrected chi connectivity index (χ2v) is 6.55. The molecule has 0 aliphatic rings. The van der Waals surface area contributed by atoms with Crippen LogP contribution >= 0.6 is 11.3 Å². The summed E-state index contributed by atoms with van der Waals surface area (Å²) < 4.78 is 1.21. The molecule has 1 N–H and O–H groups in total. The Kier molecular flexibility index (Phi) is 4.26. The Hall–Kier alpha value is -2.46. The number of nitrogens with zero attached hydrogens (tertiary/aromatic N) is 1. The number of rotatable bonds is 3. The minimum Gasteiger partial charge on any atom is -0.355 e. The van der Waals surface area contributed by atoms with Crippen molar-refractivity contribution in [2.45, 2.75) is 13.8 Å². The Balaban J connectivity index is 1.83. The third-order valence-corrected chi connectivity index (χ3v) is 4.82. The van der Waals surface area contributed by atoms with Crippen molar-refractivity contribution in [2.75, 3.05) is 7.05 Å². The molecule has 3 nitrogen and oxygen atoms in total. The second kappa shape index (κ2) is 6.34. The number of aryl methyl sites for hydroxylation is 2. The Labute approximate surface area is 139 Å². The molecular weight excluding hydrogens is 304 g/mol. The van der Waals surface area contributed by atoms with Crippen LogP contribution in [0.4, 0.5) is 0 Å². The predicted octanol–water partition coefficient (Wildman–Crippen LogP) is 4.44. The van der Waals surface area contributed by atoms with Crippen molar-refractivity contribution in [2.24, 2.45) is 0 Å². The molecule has 3 rings (SSSR count). The van der Waals surface area contributed by atoms with Crippen LogP contribution in [-0.2, 0) is 0 Å². The van der Waals surface area contributed by atoms with E-state index < -0.39 is 0 Å². The number of carbonyl (C=O) groups is 1. The Morgan fingerprint density at radius 2 is 1.78 bits per heavy atom. The number of thiazole rings is 1. The molecule has 0 spiro atoms. The predicted molar refractivity (Wildman–Crippen MR) is 97.9 cm³/mol. The summed E-state index contributed by atoms with van der Waals surface area (Å²) in [5, 5.41) is 3.60. The van der Waals surface area contributed by atoms with Crippen molar-refractivity contribution < 1.29 is 4.79 Å². The molecule has 4 heteroatoms. The van der Waals surface area contributed by atoms with Gasteiger partial charge in [-0.1, -0.05) is 18.2 Å². The van der Waals surface area contributed by atoms with Crippen LogP contribution < -0.4 is 5.32 Å². The Morgan fingerprint density at radius 1 is 1.09 bits per heavy atom. The normalized spacial score (nSPS) is 11.3. The van der Waals surface area contributed by atoms with E-state index in [0.29, 0.717) is 5.56 Å². The van der Waals surface area contributed by atoms with E-state index in [-0.39, 0.29) is 5.91 Å². The molecule has 0 radical (unpaired) electrons. The lowest BCUT2D eigenvalue weighted by atomic mass is 10.1. The first-order valence-corrected chi connectivity index (χ1v) is 8.26. The van der Waals surface area contributed by atoms with E-state index in [1.165, 1.54) is 15.8 Å². The number of benzene rings is 2. The molecule has 116 valence electrons. The van der Waals surface area contributed by atoms with Crippen LogP contribution in [0.2, 0.25) is 0 Å². The summed E-state index contributed by atoms with van der Waals surface area (Å²) in [6, 6.07) is 11.8. The molecule has 0 saturated heterocycles.